The van der Waals surface area contributed by atoms with Gasteiger partial charge in [-0.2, -0.15) is 0 Å². The molecule has 1 fully saturated rings. The number of nitrogens with zero attached hydrogens (tertiary/aromatic N) is 5. The number of aromatic nitrogens is 4. The number of piperidine rings is 1. The zero-order valence-corrected chi connectivity index (χ0v) is 20.2. The molecule has 184 valence electrons. The van der Waals surface area contributed by atoms with Gasteiger partial charge in [-0.3, -0.25) is 14.5 Å². The van der Waals surface area contributed by atoms with Crippen molar-refractivity contribution in [3.8, 4) is 0 Å². The van der Waals surface area contributed by atoms with Crippen molar-refractivity contribution in [2.45, 2.75) is 31.3 Å². The first kappa shape index (κ1) is 24.6. The van der Waals surface area contributed by atoms with Crippen LogP contribution in [0.15, 0.2) is 36.8 Å². The number of hydrogen-bond donors (Lipinski definition) is 2. The maximum atomic E-state index is 12.2. The zero-order valence-electron chi connectivity index (χ0n) is 19.4. The Morgan fingerprint density at radius 1 is 1.17 bits per heavy atom. The lowest BCUT2D eigenvalue weighted by molar-refractivity contribution is -0.154. The standard InChI is InChI=1S/C23H26ClN7O4/c1-34-19(32)11-18(22(33)35-2)31-8-6-15(7-9-31)29-23-25-12-17-20(30-23)21(27-13-26-17)28-16-5-3-4-14(24)10-16/h3-5,10,12-13,15,18H,6-9,11H2,1-2H3,(H,25,29,30)(H,26,27,28). The minimum atomic E-state index is -0.664. The van der Waals surface area contributed by atoms with E-state index in [1.54, 1.807) is 18.3 Å². The molecule has 3 heterocycles. The normalized spacial score (nSPS) is 15.4. The largest absolute Gasteiger partial charge is 0.469 e. The van der Waals surface area contributed by atoms with Crippen LogP contribution in [0.25, 0.3) is 11.0 Å². The van der Waals surface area contributed by atoms with Gasteiger partial charge in [0.1, 0.15) is 23.4 Å². The van der Waals surface area contributed by atoms with Gasteiger partial charge >= 0.3 is 11.9 Å². The lowest BCUT2D eigenvalue weighted by atomic mass is 10.0. The molecular formula is C23H26ClN7O4. The molecule has 1 saturated heterocycles. The molecule has 1 aromatic carbocycles. The van der Waals surface area contributed by atoms with Gasteiger partial charge in [0.15, 0.2) is 5.82 Å². The molecule has 0 radical (unpaired) electrons. The SMILES string of the molecule is COC(=O)CC(C(=O)OC)N1CCC(Nc2ncc3ncnc(Nc4cccc(Cl)c4)c3n2)CC1. The number of nitrogens with one attached hydrogen (secondary N) is 2. The quantitative estimate of drug-likeness (QED) is 0.443. The molecule has 1 aliphatic heterocycles. The number of fused-ring (bicyclic) bond motifs is 1. The lowest BCUT2D eigenvalue weighted by Gasteiger charge is -2.36. The third kappa shape index (κ3) is 6.11. The Morgan fingerprint density at radius 3 is 2.69 bits per heavy atom. The summed E-state index contributed by atoms with van der Waals surface area (Å²) in [5.41, 5.74) is 1.96. The van der Waals surface area contributed by atoms with Crippen molar-refractivity contribution >= 4 is 52.0 Å². The van der Waals surface area contributed by atoms with Crippen molar-refractivity contribution in [2.75, 3.05) is 37.9 Å². The number of likely N-dealkylation sites (tertiary alicyclic amines) is 1. The summed E-state index contributed by atoms with van der Waals surface area (Å²) in [5, 5.41) is 7.21. The molecule has 2 aromatic heterocycles. The first-order chi connectivity index (χ1) is 17.0. The maximum Gasteiger partial charge on any atom is 0.323 e. The molecule has 11 nitrogen and oxygen atoms in total. The van der Waals surface area contributed by atoms with Crippen molar-refractivity contribution in [1.29, 1.82) is 0 Å². The summed E-state index contributed by atoms with van der Waals surface area (Å²) in [7, 11) is 2.62. The van der Waals surface area contributed by atoms with Crippen molar-refractivity contribution in [1.82, 2.24) is 24.8 Å². The molecule has 4 rings (SSSR count). The molecule has 1 aliphatic rings. The Balaban J connectivity index is 1.44. The number of ether oxygens (including phenoxy) is 2. The van der Waals surface area contributed by atoms with E-state index in [-0.39, 0.29) is 12.5 Å². The summed E-state index contributed by atoms with van der Waals surface area (Å²) in [6.45, 7) is 1.21. The molecule has 0 amide bonds. The molecule has 1 unspecified atom stereocenters. The van der Waals surface area contributed by atoms with E-state index >= 15 is 0 Å². The van der Waals surface area contributed by atoms with Gasteiger partial charge in [0.2, 0.25) is 5.95 Å². The van der Waals surface area contributed by atoms with E-state index in [1.165, 1.54) is 20.5 Å². The Labute approximate surface area is 207 Å². The van der Waals surface area contributed by atoms with Crippen LogP contribution >= 0.6 is 11.6 Å². The molecule has 35 heavy (non-hydrogen) atoms. The Hall–Kier alpha value is -3.57. The highest BCUT2D eigenvalue weighted by molar-refractivity contribution is 6.30. The van der Waals surface area contributed by atoms with Crippen LogP contribution in [0.2, 0.25) is 5.02 Å². The van der Waals surface area contributed by atoms with Gasteiger partial charge in [0.25, 0.3) is 0 Å². The van der Waals surface area contributed by atoms with Gasteiger partial charge < -0.3 is 20.1 Å². The molecule has 0 bridgehead atoms. The fourth-order valence-electron chi connectivity index (χ4n) is 3.99. The smallest absolute Gasteiger partial charge is 0.323 e. The van der Waals surface area contributed by atoms with Crippen molar-refractivity contribution in [3.63, 3.8) is 0 Å². The van der Waals surface area contributed by atoms with Crippen LogP contribution in [-0.2, 0) is 19.1 Å². The van der Waals surface area contributed by atoms with Gasteiger partial charge in [0.05, 0.1) is 26.8 Å². The summed E-state index contributed by atoms with van der Waals surface area (Å²) in [6.07, 6.45) is 4.52. The number of halogens is 1. The number of benzene rings is 1. The third-order valence-electron chi connectivity index (χ3n) is 5.83. The predicted molar refractivity (Wildman–Crippen MR) is 131 cm³/mol. The number of carbonyl (C=O) groups excluding carboxylic acids is 2. The molecule has 2 N–H and O–H groups in total. The molecule has 3 aromatic rings. The van der Waals surface area contributed by atoms with Crippen LogP contribution in [0, 0.1) is 0 Å². The van der Waals surface area contributed by atoms with Crippen LogP contribution < -0.4 is 10.6 Å². The van der Waals surface area contributed by atoms with Gasteiger partial charge in [-0.25, -0.2) is 19.9 Å². The summed E-state index contributed by atoms with van der Waals surface area (Å²) in [4.78, 5) is 43.5. The number of hydrogen-bond acceptors (Lipinski definition) is 11. The van der Waals surface area contributed by atoms with E-state index in [9.17, 15) is 9.59 Å². The first-order valence-corrected chi connectivity index (χ1v) is 11.5. The van der Waals surface area contributed by atoms with E-state index in [4.69, 9.17) is 21.1 Å². The highest BCUT2D eigenvalue weighted by Crippen LogP contribution is 2.25. The summed E-state index contributed by atoms with van der Waals surface area (Å²) in [6, 6.07) is 6.75. The van der Waals surface area contributed by atoms with Crippen LogP contribution in [0.5, 0.6) is 0 Å². The van der Waals surface area contributed by atoms with Crippen LogP contribution in [0.3, 0.4) is 0 Å². The zero-order chi connectivity index (χ0) is 24.8. The van der Waals surface area contributed by atoms with Gasteiger partial charge in [-0.05, 0) is 31.0 Å². The van der Waals surface area contributed by atoms with Crippen molar-refractivity contribution < 1.29 is 19.1 Å². The monoisotopic (exact) mass is 499 g/mol. The fourth-order valence-corrected chi connectivity index (χ4v) is 4.19. The topological polar surface area (TPSA) is 131 Å². The highest BCUT2D eigenvalue weighted by Gasteiger charge is 2.32. The molecule has 0 aliphatic carbocycles. The highest BCUT2D eigenvalue weighted by atomic mass is 35.5. The molecule has 12 heteroatoms. The number of esters is 2. The van der Waals surface area contributed by atoms with Gasteiger partial charge in [-0.1, -0.05) is 17.7 Å². The van der Waals surface area contributed by atoms with E-state index in [0.29, 0.717) is 40.9 Å². The van der Waals surface area contributed by atoms with Crippen molar-refractivity contribution in [2.24, 2.45) is 0 Å². The van der Waals surface area contributed by atoms with E-state index in [2.05, 4.69) is 30.6 Å². The fraction of sp³-hybridized carbons (Fsp3) is 0.391. The second-order valence-corrected chi connectivity index (χ2v) is 8.50. The summed E-state index contributed by atoms with van der Waals surface area (Å²) in [5.74, 6) is 0.106. The second-order valence-electron chi connectivity index (χ2n) is 8.06. The van der Waals surface area contributed by atoms with Crippen LogP contribution in [0.1, 0.15) is 19.3 Å². The van der Waals surface area contributed by atoms with Gasteiger partial charge in [-0.15, -0.1) is 0 Å². The molecule has 1 atom stereocenters. The summed E-state index contributed by atoms with van der Waals surface area (Å²) < 4.78 is 9.62. The van der Waals surface area contributed by atoms with Gasteiger partial charge in [0, 0.05) is 29.8 Å². The van der Waals surface area contributed by atoms with E-state index in [0.717, 1.165) is 18.5 Å². The molecule has 0 saturated carbocycles. The average Bonchev–Trinajstić information content (AvgIpc) is 2.87. The number of rotatable bonds is 8. The number of carbonyl (C=O) groups is 2. The Morgan fingerprint density at radius 2 is 1.97 bits per heavy atom. The summed E-state index contributed by atoms with van der Waals surface area (Å²) >= 11 is 6.09. The Bertz CT molecular complexity index is 1200. The minimum Gasteiger partial charge on any atom is -0.469 e. The Kier molecular flexibility index (Phi) is 7.88. The number of methoxy groups -OCH3 is 2. The average molecular weight is 500 g/mol. The van der Waals surface area contributed by atoms with Crippen LogP contribution in [-0.4, -0.2) is 76.2 Å². The lowest BCUT2D eigenvalue weighted by Crippen LogP contribution is -2.49. The number of anilines is 3. The third-order valence-corrected chi connectivity index (χ3v) is 6.06. The first-order valence-electron chi connectivity index (χ1n) is 11.1. The maximum absolute atomic E-state index is 12.2. The van der Waals surface area contributed by atoms with E-state index in [1.807, 2.05) is 17.0 Å². The molecule has 0 spiro atoms. The molecular weight excluding hydrogens is 474 g/mol. The van der Waals surface area contributed by atoms with Crippen molar-refractivity contribution in [3.05, 3.63) is 41.8 Å². The predicted octanol–water partition coefficient (Wildman–Crippen LogP) is 2.80. The second kappa shape index (κ2) is 11.2. The van der Waals surface area contributed by atoms with E-state index < -0.39 is 18.0 Å². The van der Waals surface area contributed by atoms with Crippen LogP contribution in [0.4, 0.5) is 17.5 Å². The minimum absolute atomic E-state index is 0.0442.